The van der Waals surface area contributed by atoms with Gasteiger partial charge in [0.1, 0.15) is 5.82 Å². The lowest BCUT2D eigenvalue weighted by atomic mass is 9.77. The van der Waals surface area contributed by atoms with E-state index >= 15 is 0 Å². The van der Waals surface area contributed by atoms with Gasteiger partial charge in [0.15, 0.2) is 0 Å². The van der Waals surface area contributed by atoms with Crippen LogP contribution in [0.15, 0.2) is 22.8 Å². The molecule has 0 bridgehead atoms. The number of nitrogens with zero attached hydrogens (tertiary/aromatic N) is 1. The van der Waals surface area contributed by atoms with Crippen LogP contribution in [0, 0.1) is 0 Å². The lowest BCUT2D eigenvalue weighted by Crippen LogP contribution is -2.42. The summed E-state index contributed by atoms with van der Waals surface area (Å²) in [7, 11) is 1.67. The number of hydrogen-bond donors (Lipinski definition) is 1. The van der Waals surface area contributed by atoms with Crippen molar-refractivity contribution in [2.45, 2.75) is 31.3 Å². The van der Waals surface area contributed by atoms with Crippen molar-refractivity contribution in [3.05, 3.63) is 22.8 Å². The van der Waals surface area contributed by atoms with Gasteiger partial charge in [-0.3, -0.25) is 4.79 Å². The molecule has 1 heterocycles. The smallest absolute Gasteiger partial charge is 0.228 e. The molecule has 1 N–H and O–H groups in total. The Morgan fingerprint density at radius 3 is 2.94 bits per heavy atom. The van der Waals surface area contributed by atoms with E-state index in [2.05, 4.69) is 26.2 Å². The monoisotopic (exact) mass is 298 g/mol. The van der Waals surface area contributed by atoms with Crippen LogP contribution in [0.25, 0.3) is 0 Å². The van der Waals surface area contributed by atoms with Gasteiger partial charge >= 0.3 is 0 Å². The summed E-state index contributed by atoms with van der Waals surface area (Å²) >= 11 is 3.34. The first-order chi connectivity index (χ1) is 8.15. The number of carbonyl (C=O) groups excluding carboxylic acids is 1. The first kappa shape index (κ1) is 12.5. The van der Waals surface area contributed by atoms with Gasteiger partial charge in [-0.25, -0.2) is 4.98 Å². The Hall–Kier alpha value is -0.940. The number of ether oxygens (including phenoxy) is 1. The van der Waals surface area contributed by atoms with Gasteiger partial charge in [-0.2, -0.15) is 0 Å². The van der Waals surface area contributed by atoms with E-state index in [0.717, 1.165) is 23.7 Å². The average molecular weight is 299 g/mol. The van der Waals surface area contributed by atoms with E-state index in [1.807, 2.05) is 12.1 Å². The van der Waals surface area contributed by atoms with Crippen LogP contribution in [-0.4, -0.2) is 23.6 Å². The molecular weight excluding hydrogens is 284 g/mol. The lowest BCUT2D eigenvalue weighted by molar-refractivity contribution is -0.129. The van der Waals surface area contributed by atoms with Gasteiger partial charge in [-0.1, -0.05) is 0 Å². The van der Waals surface area contributed by atoms with Crippen LogP contribution in [0.1, 0.15) is 25.7 Å². The van der Waals surface area contributed by atoms with E-state index in [0.29, 0.717) is 12.2 Å². The summed E-state index contributed by atoms with van der Waals surface area (Å²) in [5, 5.41) is 2.79. The fourth-order valence-electron chi connectivity index (χ4n) is 1.97. The van der Waals surface area contributed by atoms with Gasteiger partial charge < -0.3 is 10.1 Å². The van der Waals surface area contributed by atoms with Crippen molar-refractivity contribution in [1.82, 2.24) is 4.98 Å². The van der Waals surface area contributed by atoms with Crippen molar-refractivity contribution in [2.24, 2.45) is 0 Å². The first-order valence-corrected chi connectivity index (χ1v) is 6.40. The number of rotatable bonds is 4. The minimum atomic E-state index is -0.245. The molecule has 0 radical (unpaired) electrons. The average Bonchev–Trinajstić information content (AvgIpc) is 2.27. The predicted octanol–water partition coefficient (Wildman–Crippen LogP) is 2.74. The largest absolute Gasteiger partial charge is 0.378 e. The van der Waals surface area contributed by atoms with Crippen LogP contribution in [0.3, 0.4) is 0 Å². The molecule has 0 aromatic carbocycles. The Morgan fingerprint density at radius 1 is 1.65 bits per heavy atom. The molecule has 92 valence electrons. The maximum absolute atomic E-state index is 11.9. The molecule has 1 fully saturated rings. The quantitative estimate of drug-likeness (QED) is 0.930. The zero-order chi connectivity index (χ0) is 12.3. The molecule has 1 aliphatic carbocycles. The number of halogens is 1. The summed E-state index contributed by atoms with van der Waals surface area (Å²) in [4.78, 5) is 16.0. The van der Waals surface area contributed by atoms with Crippen molar-refractivity contribution in [3.63, 3.8) is 0 Å². The highest BCUT2D eigenvalue weighted by Gasteiger charge is 2.39. The fourth-order valence-corrected chi connectivity index (χ4v) is 2.32. The number of pyridine rings is 1. The van der Waals surface area contributed by atoms with Crippen molar-refractivity contribution in [1.29, 1.82) is 0 Å². The molecule has 1 aliphatic rings. The highest BCUT2D eigenvalue weighted by molar-refractivity contribution is 9.10. The molecule has 1 amide bonds. The van der Waals surface area contributed by atoms with E-state index in [4.69, 9.17) is 4.74 Å². The van der Waals surface area contributed by atoms with Gasteiger partial charge in [0.25, 0.3) is 0 Å². The predicted molar refractivity (Wildman–Crippen MR) is 68.8 cm³/mol. The number of hydrogen-bond acceptors (Lipinski definition) is 3. The molecule has 1 aromatic heterocycles. The Bertz CT molecular complexity index is 413. The summed E-state index contributed by atoms with van der Waals surface area (Å²) in [6.07, 6.45) is 5.09. The molecule has 1 aromatic rings. The van der Waals surface area contributed by atoms with E-state index < -0.39 is 0 Å². The van der Waals surface area contributed by atoms with Crippen LogP contribution in [0.4, 0.5) is 5.82 Å². The van der Waals surface area contributed by atoms with E-state index in [1.165, 1.54) is 0 Å². The van der Waals surface area contributed by atoms with E-state index in [9.17, 15) is 4.79 Å². The Labute approximate surface area is 109 Å². The summed E-state index contributed by atoms with van der Waals surface area (Å²) in [6, 6.07) is 3.65. The van der Waals surface area contributed by atoms with Crippen molar-refractivity contribution >= 4 is 27.7 Å². The first-order valence-electron chi connectivity index (χ1n) is 5.61. The van der Waals surface area contributed by atoms with E-state index in [-0.39, 0.29) is 11.5 Å². The van der Waals surface area contributed by atoms with Gasteiger partial charge in [0.05, 0.1) is 16.5 Å². The number of anilines is 1. The molecule has 0 saturated heterocycles. The Balaban J connectivity index is 1.96. The molecule has 17 heavy (non-hydrogen) atoms. The molecule has 2 rings (SSSR count). The second-order valence-electron chi connectivity index (χ2n) is 4.30. The SMILES string of the molecule is COC1(CC(=O)Nc2ncccc2Br)CCC1. The zero-order valence-electron chi connectivity index (χ0n) is 9.70. The Kier molecular flexibility index (Phi) is 3.79. The van der Waals surface area contributed by atoms with Gasteiger partial charge in [-0.05, 0) is 47.3 Å². The molecular formula is C12H15BrN2O2. The number of nitrogens with one attached hydrogen (secondary N) is 1. The second-order valence-corrected chi connectivity index (χ2v) is 5.15. The third kappa shape index (κ3) is 2.84. The van der Waals surface area contributed by atoms with Crippen molar-refractivity contribution < 1.29 is 9.53 Å². The van der Waals surface area contributed by atoms with Crippen molar-refractivity contribution in [2.75, 3.05) is 12.4 Å². The summed E-state index contributed by atoms with van der Waals surface area (Å²) in [5.74, 6) is 0.508. The van der Waals surface area contributed by atoms with E-state index in [1.54, 1.807) is 13.3 Å². The number of methoxy groups -OCH3 is 1. The van der Waals surface area contributed by atoms with Crippen LogP contribution >= 0.6 is 15.9 Å². The summed E-state index contributed by atoms with van der Waals surface area (Å²) < 4.78 is 6.20. The minimum Gasteiger partial charge on any atom is -0.378 e. The number of aromatic nitrogens is 1. The van der Waals surface area contributed by atoms with Gasteiger partial charge in [0, 0.05) is 13.3 Å². The number of carbonyl (C=O) groups is 1. The second kappa shape index (κ2) is 5.14. The molecule has 4 nitrogen and oxygen atoms in total. The molecule has 0 aliphatic heterocycles. The topological polar surface area (TPSA) is 51.2 Å². The molecule has 5 heteroatoms. The molecule has 0 spiro atoms. The third-order valence-electron chi connectivity index (χ3n) is 3.20. The molecule has 0 atom stereocenters. The maximum Gasteiger partial charge on any atom is 0.228 e. The van der Waals surface area contributed by atoms with Crippen molar-refractivity contribution in [3.8, 4) is 0 Å². The molecule has 0 unspecified atom stereocenters. The third-order valence-corrected chi connectivity index (χ3v) is 3.84. The van der Waals surface area contributed by atoms with Crippen LogP contribution in [-0.2, 0) is 9.53 Å². The highest BCUT2D eigenvalue weighted by Crippen LogP contribution is 2.38. The Morgan fingerprint density at radius 2 is 2.41 bits per heavy atom. The lowest BCUT2D eigenvalue weighted by Gasteiger charge is -2.39. The van der Waals surface area contributed by atoms with Crippen LogP contribution < -0.4 is 5.32 Å². The molecule has 1 saturated carbocycles. The van der Waals surface area contributed by atoms with Gasteiger partial charge in [0.2, 0.25) is 5.91 Å². The normalized spacial score (nSPS) is 17.3. The highest BCUT2D eigenvalue weighted by atomic mass is 79.9. The standard InChI is InChI=1S/C12H15BrN2O2/c1-17-12(5-3-6-12)8-10(16)15-11-9(13)4-2-7-14-11/h2,4,7H,3,5-6,8H2,1H3,(H,14,15,16). The van der Waals surface area contributed by atoms with Gasteiger partial charge in [-0.15, -0.1) is 0 Å². The summed E-state index contributed by atoms with van der Waals surface area (Å²) in [6.45, 7) is 0. The summed E-state index contributed by atoms with van der Waals surface area (Å²) in [5.41, 5.74) is -0.245. The fraction of sp³-hybridized carbons (Fsp3) is 0.500. The van der Waals surface area contributed by atoms with Crippen LogP contribution in [0.2, 0.25) is 0 Å². The number of amides is 1. The van der Waals surface area contributed by atoms with Crippen LogP contribution in [0.5, 0.6) is 0 Å². The minimum absolute atomic E-state index is 0.0500. The maximum atomic E-state index is 11.9. The zero-order valence-corrected chi connectivity index (χ0v) is 11.3.